The highest BCUT2D eigenvalue weighted by Crippen LogP contribution is 2.25. The molecule has 1 fully saturated rings. The van der Waals surface area contributed by atoms with E-state index in [1.54, 1.807) is 6.26 Å². The maximum atomic E-state index is 11.1. The van der Waals surface area contributed by atoms with Gasteiger partial charge >= 0.3 is 0 Å². The van der Waals surface area contributed by atoms with Crippen LogP contribution in [0.5, 0.6) is 11.5 Å². The number of benzene rings is 2. The van der Waals surface area contributed by atoms with Crippen LogP contribution in [0.1, 0.15) is 105 Å². The molecule has 1 aliphatic rings. The summed E-state index contributed by atoms with van der Waals surface area (Å²) in [7, 11) is 0. The number of anilines is 1. The number of aromatic hydroxyl groups is 1. The number of aryl methyl sites for hydroxylation is 3. The summed E-state index contributed by atoms with van der Waals surface area (Å²) >= 11 is 0. The topological polar surface area (TPSA) is 106 Å². The van der Waals surface area contributed by atoms with Gasteiger partial charge in [0, 0.05) is 30.3 Å². The van der Waals surface area contributed by atoms with Crippen molar-refractivity contribution in [2.24, 2.45) is 0 Å². The number of phenolic OH excluding ortho intramolecular Hbond substituents is 1. The molecule has 2 heterocycles. The van der Waals surface area contributed by atoms with Crippen LogP contribution in [0.2, 0.25) is 0 Å². The van der Waals surface area contributed by atoms with Gasteiger partial charge in [0.25, 0.3) is 0 Å². The quantitative estimate of drug-likeness (QED) is 0.142. The highest BCUT2D eigenvalue weighted by Gasteiger charge is 2.13. The van der Waals surface area contributed by atoms with Gasteiger partial charge in [-0.1, -0.05) is 40.7 Å². The molecule has 0 amide bonds. The van der Waals surface area contributed by atoms with E-state index in [1.807, 2.05) is 26.0 Å². The van der Waals surface area contributed by atoms with E-state index >= 15 is 0 Å². The van der Waals surface area contributed by atoms with Crippen molar-refractivity contribution < 1.29 is 23.8 Å². The van der Waals surface area contributed by atoms with Gasteiger partial charge in [0.2, 0.25) is 0 Å². The van der Waals surface area contributed by atoms with Crippen LogP contribution in [0.4, 0.5) is 5.69 Å². The van der Waals surface area contributed by atoms with Gasteiger partial charge in [0.15, 0.2) is 11.6 Å². The minimum atomic E-state index is -0.301. The zero-order chi connectivity index (χ0) is 31.5. The van der Waals surface area contributed by atoms with Gasteiger partial charge in [0.05, 0.1) is 18.4 Å². The largest absolute Gasteiger partial charge is 0.507 e. The van der Waals surface area contributed by atoms with E-state index < -0.39 is 0 Å². The second kappa shape index (κ2) is 20.3. The first-order valence-electron chi connectivity index (χ1n) is 15.3. The Morgan fingerprint density at radius 3 is 2.05 bits per heavy atom. The van der Waals surface area contributed by atoms with E-state index in [9.17, 15) is 14.7 Å². The molecule has 0 spiro atoms. The number of nitrogens with zero attached hydrogens (tertiary/aromatic N) is 1. The molecule has 4 rings (SSSR count). The fourth-order valence-electron chi connectivity index (χ4n) is 4.56. The number of phenols is 1. The Balaban J connectivity index is 0.000000335. The molecule has 0 atom stereocenters. The van der Waals surface area contributed by atoms with Crippen molar-refractivity contribution >= 4 is 17.3 Å². The molecule has 1 aliphatic heterocycles. The predicted molar refractivity (Wildman–Crippen MR) is 173 cm³/mol. The number of ketones is 2. The summed E-state index contributed by atoms with van der Waals surface area (Å²) in [5.41, 5.74) is 8.93. The average Bonchev–Trinajstić information content (AvgIpc) is 3.71. The Bertz CT molecular complexity index is 1160. The van der Waals surface area contributed by atoms with E-state index in [4.69, 9.17) is 14.9 Å². The van der Waals surface area contributed by atoms with Crippen LogP contribution in [0, 0.1) is 0 Å². The van der Waals surface area contributed by atoms with Gasteiger partial charge < -0.3 is 24.9 Å². The molecule has 1 aromatic heterocycles. The Kier molecular flexibility index (Phi) is 17.6. The Labute approximate surface area is 253 Å². The van der Waals surface area contributed by atoms with E-state index in [2.05, 4.69) is 43.9 Å². The lowest BCUT2D eigenvalue weighted by atomic mass is 10.0. The summed E-state index contributed by atoms with van der Waals surface area (Å²) in [5, 5.41) is 9.36. The van der Waals surface area contributed by atoms with Crippen molar-refractivity contribution in [1.82, 2.24) is 4.90 Å². The summed E-state index contributed by atoms with van der Waals surface area (Å²) in [6, 6.07) is 13.0. The lowest BCUT2D eigenvalue weighted by Crippen LogP contribution is -2.21. The number of nitrogen functional groups attached to an aromatic ring is 1. The van der Waals surface area contributed by atoms with Crippen LogP contribution in [-0.2, 0) is 19.3 Å². The fraction of sp³-hybridized carbons (Fsp3) is 0.486. The molecular weight excluding hydrogens is 528 g/mol. The number of carbonyl (C=O) groups is 2. The number of hydrogen-bond acceptors (Lipinski definition) is 7. The predicted octanol–water partition coefficient (Wildman–Crippen LogP) is 7.92. The molecule has 2 aromatic carbocycles. The summed E-state index contributed by atoms with van der Waals surface area (Å²) in [4.78, 5) is 24.7. The molecule has 0 unspecified atom stereocenters. The second-order valence-corrected chi connectivity index (χ2v) is 9.89. The molecule has 7 heteroatoms. The zero-order valence-electron chi connectivity index (χ0n) is 26.8. The number of likely N-dealkylation sites (tertiary alicyclic amines) is 1. The van der Waals surface area contributed by atoms with Crippen molar-refractivity contribution in [1.29, 1.82) is 0 Å². The van der Waals surface area contributed by atoms with Gasteiger partial charge in [-0.25, -0.2) is 0 Å². The van der Waals surface area contributed by atoms with Crippen LogP contribution in [-0.4, -0.2) is 47.8 Å². The molecule has 3 aromatic rings. The van der Waals surface area contributed by atoms with E-state index in [0.717, 1.165) is 43.8 Å². The third-order valence-electron chi connectivity index (χ3n) is 6.88. The number of carbonyl (C=O) groups excluding carboxylic acids is 2. The van der Waals surface area contributed by atoms with Crippen LogP contribution in [0.15, 0.2) is 53.1 Å². The van der Waals surface area contributed by atoms with Crippen molar-refractivity contribution in [2.75, 3.05) is 32.0 Å². The third-order valence-corrected chi connectivity index (χ3v) is 6.88. The number of hydrogen-bond donors (Lipinski definition) is 2. The van der Waals surface area contributed by atoms with Crippen molar-refractivity contribution in [2.45, 2.75) is 87.0 Å². The summed E-state index contributed by atoms with van der Waals surface area (Å²) in [5.74, 6) is 1.37. The molecule has 7 nitrogen and oxygen atoms in total. The molecule has 3 N–H and O–H groups in total. The van der Waals surface area contributed by atoms with Gasteiger partial charge in [-0.2, -0.15) is 0 Å². The highest BCUT2D eigenvalue weighted by molar-refractivity contribution is 6.04. The van der Waals surface area contributed by atoms with Crippen LogP contribution in [0.3, 0.4) is 0 Å². The lowest BCUT2D eigenvalue weighted by Gasteiger charge is -2.15. The first-order valence-corrected chi connectivity index (χ1v) is 15.3. The minimum Gasteiger partial charge on any atom is -0.507 e. The monoisotopic (exact) mass is 580 g/mol. The molecule has 0 radical (unpaired) electrons. The normalized spacial score (nSPS) is 12.2. The third kappa shape index (κ3) is 12.5. The van der Waals surface area contributed by atoms with Crippen LogP contribution in [0.25, 0.3) is 0 Å². The van der Waals surface area contributed by atoms with Crippen molar-refractivity contribution in [3.8, 4) is 11.5 Å². The van der Waals surface area contributed by atoms with E-state index in [0.29, 0.717) is 0 Å². The SMILES string of the molecule is CC.CC(=O)c1cc(C(C)=O)c(O)cc1N.CCc1ccc(OCCCN2CCCC2)cc1CC.CCc1ccco1. The minimum absolute atomic E-state index is 0.115. The number of nitrogens with two attached hydrogens (primary N) is 1. The number of furan rings is 1. The Morgan fingerprint density at radius 2 is 1.55 bits per heavy atom. The number of Topliss-reactive ketones (excluding diaryl/α,β-unsaturated/α-hetero) is 2. The molecule has 42 heavy (non-hydrogen) atoms. The van der Waals surface area contributed by atoms with Crippen molar-refractivity contribution in [3.63, 3.8) is 0 Å². The average molecular weight is 581 g/mol. The molecule has 1 saturated heterocycles. The van der Waals surface area contributed by atoms with Gasteiger partial charge in [-0.15, -0.1) is 0 Å². The molecule has 232 valence electrons. The smallest absolute Gasteiger partial charge is 0.163 e. The second-order valence-electron chi connectivity index (χ2n) is 9.89. The molecule has 0 saturated carbocycles. The number of ether oxygens (including phenoxy) is 1. The molecule has 0 bridgehead atoms. The standard InChI is InChI=1S/C17H27NO.C10H11NO3.C6H8O.C2H6/c1-3-15-8-9-17(14-16(15)4-2)19-13-7-12-18-10-5-6-11-18;1-5(12)7-3-8(6(2)13)10(14)4-9(7)11;1-2-6-4-3-5-7-6;1-2/h8-9,14H,3-7,10-13H2,1-2H3;3-4,14H,11H2,1-2H3;3-5H,2H2,1H3;1-2H3. The van der Waals surface area contributed by atoms with Gasteiger partial charge in [-0.3, -0.25) is 9.59 Å². The maximum absolute atomic E-state index is 11.1. The van der Waals surface area contributed by atoms with Crippen LogP contribution >= 0.6 is 0 Å². The summed E-state index contributed by atoms with van der Waals surface area (Å²) < 4.78 is 10.9. The Morgan fingerprint density at radius 1 is 0.905 bits per heavy atom. The summed E-state index contributed by atoms with van der Waals surface area (Å²) in [6.07, 6.45) is 8.77. The molecule has 0 aliphatic carbocycles. The Hall–Kier alpha value is -3.58. The highest BCUT2D eigenvalue weighted by atomic mass is 16.5. The zero-order valence-corrected chi connectivity index (χ0v) is 26.8. The molecular formula is C35H52N2O5. The van der Waals surface area contributed by atoms with E-state index in [1.165, 1.54) is 69.6 Å². The first kappa shape index (κ1) is 36.4. The van der Waals surface area contributed by atoms with Crippen LogP contribution < -0.4 is 10.5 Å². The summed E-state index contributed by atoms with van der Waals surface area (Å²) in [6.45, 7) is 17.8. The van der Waals surface area contributed by atoms with E-state index in [-0.39, 0.29) is 34.1 Å². The lowest BCUT2D eigenvalue weighted by molar-refractivity contribution is 0.101. The van der Waals surface area contributed by atoms with Crippen molar-refractivity contribution in [3.05, 3.63) is 76.7 Å². The van der Waals surface area contributed by atoms with Gasteiger partial charge in [0.1, 0.15) is 17.3 Å². The first-order chi connectivity index (χ1) is 20.2. The fourth-order valence-corrected chi connectivity index (χ4v) is 4.56. The maximum Gasteiger partial charge on any atom is 0.163 e. The number of rotatable bonds is 10. The van der Waals surface area contributed by atoms with Gasteiger partial charge in [-0.05, 0) is 100 Å².